The Morgan fingerprint density at radius 1 is 0.714 bits per heavy atom. The van der Waals surface area contributed by atoms with Gasteiger partial charge in [-0.05, 0) is 29.4 Å². The smallest absolute Gasteiger partial charge is 0.215 e. The molecule has 0 aromatic carbocycles. The first-order valence-electron chi connectivity index (χ1n) is 8.58. The summed E-state index contributed by atoms with van der Waals surface area (Å²) >= 11 is 0. The van der Waals surface area contributed by atoms with E-state index in [2.05, 4.69) is 6.92 Å². The Morgan fingerprint density at radius 2 is 1.21 bits per heavy atom. The van der Waals surface area contributed by atoms with E-state index in [1.807, 2.05) is 27.8 Å². The van der Waals surface area contributed by atoms with Crippen molar-refractivity contribution >= 4 is 127 Å². The number of carbonyl (C=O) groups is 3. The maximum Gasteiger partial charge on any atom is 0.215 e. The minimum Gasteiger partial charge on any atom is -0.315 e. The van der Waals surface area contributed by atoms with Crippen LogP contribution in [0.1, 0.15) is 19.8 Å². The largest absolute Gasteiger partial charge is 0.315 e. The molecule has 3 radical (unpaired) electrons. The summed E-state index contributed by atoms with van der Waals surface area (Å²) in [6, 6.07) is 0. The third kappa shape index (κ3) is 18.7. The fourth-order valence-corrected chi connectivity index (χ4v) is 11.3. The Balaban J connectivity index is 3.94. The average molecular weight is 529 g/mol. The highest BCUT2D eigenvalue weighted by Gasteiger charge is 2.15. The maximum absolute atomic E-state index is 10.9. The molecule has 155 valence electrons. The van der Waals surface area contributed by atoms with Crippen LogP contribution in [0.4, 0.5) is 0 Å². The van der Waals surface area contributed by atoms with E-state index in [0.29, 0.717) is 0 Å². The van der Waals surface area contributed by atoms with Crippen LogP contribution in [0.15, 0.2) is 0 Å². The molecule has 0 spiro atoms. The van der Waals surface area contributed by atoms with Gasteiger partial charge in [0.2, 0.25) is 21.8 Å². The first kappa shape index (κ1) is 30.0. The van der Waals surface area contributed by atoms with Gasteiger partial charge in [0.25, 0.3) is 0 Å². The Kier molecular flexibility index (Phi) is 25.4. The molecule has 0 aliphatic heterocycles. The quantitative estimate of drug-likeness (QED) is 0.0856. The van der Waals surface area contributed by atoms with Crippen molar-refractivity contribution in [2.45, 2.75) is 35.2 Å². The van der Waals surface area contributed by atoms with Crippen molar-refractivity contribution in [2.75, 3.05) is 29.3 Å². The molecule has 0 amide bonds. The SMILES string of the molecule is CCSSC([B]C=O)CCSSCCC([B]C=O)SSCC([B]C=O)SSC. The summed E-state index contributed by atoms with van der Waals surface area (Å²) in [5.74, 6) is 3.89. The molecule has 3 nitrogen and oxygen atoms in total. The van der Waals surface area contributed by atoms with Crippen LogP contribution in [-0.4, -0.2) is 85.1 Å². The van der Waals surface area contributed by atoms with Crippen LogP contribution < -0.4 is 0 Å². The lowest BCUT2D eigenvalue weighted by atomic mass is 9.75. The van der Waals surface area contributed by atoms with Crippen LogP contribution in [0.25, 0.3) is 0 Å². The van der Waals surface area contributed by atoms with Gasteiger partial charge in [-0.25, -0.2) is 0 Å². The van der Waals surface area contributed by atoms with Gasteiger partial charge in [-0.15, -0.1) is 0 Å². The van der Waals surface area contributed by atoms with Gasteiger partial charge in [0.05, 0.1) is 18.6 Å². The van der Waals surface area contributed by atoms with Gasteiger partial charge in [-0.3, -0.25) is 0 Å². The Hall–Kier alpha value is 2.00. The van der Waals surface area contributed by atoms with Crippen molar-refractivity contribution in [2.24, 2.45) is 0 Å². The number of hydrogen-bond donors (Lipinski definition) is 0. The Labute approximate surface area is 204 Å². The van der Waals surface area contributed by atoms with E-state index in [1.165, 1.54) is 0 Å². The van der Waals surface area contributed by atoms with Gasteiger partial charge in [-0.2, -0.15) is 0 Å². The lowest BCUT2D eigenvalue weighted by Gasteiger charge is -2.15. The molecular weight excluding hydrogens is 505 g/mol. The highest BCUT2D eigenvalue weighted by molar-refractivity contribution is 8.79. The maximum atomic E-state index is 10.9. The van der Waals surface area contributed by atoms with E-state index >= 15 is 0 Å². The predicted octanol–water partition coefficient (Wildman–Crippen LogP) is 4.60. The highest BCUT2D eigenvalue weighted by atomic mass is 33.1. The van der Waals surface area contributed by atoms with E-state index in [1.54, 1.807) is 86.6 Å². The van der Waals surface area contributed by atoms with Crippen molar-refractivity contribution in [1.29, 1.82) is 0 Å². The first-order chi connectivity index (χ1) is 13.7. The van der Waals surface area contributed by atoms with Crippen LogP contribution in [-0.2, 0) is 14.4 Å². The van der Waals surface area contributed by atoms with Crippen LogP contribution in [0.3, 0.4) is 0 Å². The molecule has 3 atom stereocenters. The third-order valence-electron chi connectivity index (χ3n) is 2.89. The van der Waals surface area contributed by atoms with Crippen LogP contribution >= 0.6 is 86.4 Å². The molecule has 0 aromatic heterocycles. The zero-order valence-electron chi connectivity index (χ0n) is 15.9. The minimum absolute atomic E-state index is 0.194. The molecule has 0 saturated heterocycles. The standard InChI is InChI=1S/C14H24B3O3S8/c1-3-22-27-12(15-9-18)4-6-23-24-7-5-13(16-10-19)28-25-8-14(17-11-20)26-21-2/h9-14H,3-8H2,1-2H3. The normalized spacial score (nSPS) is 13.9. The van der Waals surface area contributed by atoms with Gasteiger partial charge in [-0.1, -0.05) is 93.3 Å². The average Bonchev–Trinajstić information content (AvgIpc) is 2.68. The summed E-state index contributed by atoms with van der Waals surface area (Å²) in [7, 11) is 19.1. The molecule has 0 fully saturated rings. The summed E-state index contributed by atoms with van der Waals surface area (Å²) < 4.78 is 0. The number of carbonyl (C=O) groups excluding carboxylic acids is 3. The van der Waals surface area contributed by atoms with E-state index in [-0.39, 0.29) is 15.4 Å². The zero-order chi connectivity index (χ0) is 20.9. The van der Waals surface area contributed by atoms with Crippen molar-refractivity contribution in [1.82, 2.24) is 0 Å². The summed E-state index contributed by atoms with van der Waals surface area (Å²) in [5.41, 5.74) is 0. The number of hydrogen-bond acceptors (Lipinski definition) is 11. The summed E-state index contributed by atoms with van der Waals surface area (Å²) in [6.07, 6.45) is 6.57. The minimum atomic E-state index is 0.194. The van der Waals surface area contributed by atoms with Crippen LogP contribution in [0, 0.1) is 0 Å². The molecule has 0 rings (SSSR count). The van der Waals surface area contributed by atoms with E-state index in [9.17, 15) is 14.4 Å². The highest BCUT2D eigenvalue weighted by Crippen LogP contribution is 2.35. The molecule has 0 bridgehead atoms. The zero-order valence-corrected chi connectivity index (χ0v) is 22.5. The lowest BCUT2D eigenvalue weighted by Crippen LogP contribution is -2.17. The topological polar surface area (TPSA) is 51.2 Å². The summed E-state index contributed by atoms with van der Waals surface area (Å²) in [4.78, 5) is 32.3. The summed E-state index contributed by atoms with van der Waals surface area (Å²) in [6.45, 7) is 2.12. The van der Waals surface area contributed by atoms with E-state index in [4.69, 9.17) is 0 Å². The molecule has 0 aromatic rings. The molecule has 0 saturated carbocycles. The van der Waals surface area contributed by atoms with Crippen molar-refractivity contribution < 1.29 is 14.4 Å². The van der Waals surface area contributed by atoms with E-state index in [0.717, 1.165) is 54.4 Å². The van der Waals surface area contributed by atoms with Crippen molar-refractivity contribution in [3.05, 3.63) is 0 Å². The van der Waals surface area contributed by atoms with Gasteiger partial charge >= 0.3 is 0 Å². The Morgan fingerprint density at radius 3 is 1.68 bits per heavy atom. The third-order valence-corrected chi connectivity index (χ3v) is 13.4. The predicted molar refractivity (Wildman–Crippen MR) is 150 cm³/mol. The fraction of sp³-hybridized carbons (Fsp3) is 0.786. The second-order valence-corrected chi connectivity index (χ2v) is 15.9. The second-order valence-electron chi connectivity index (χ2n) is 4.97. The van der Waals surface area contributed by atoms with Gasteiger partial charge in [0.1, 0.15) is 0 Å². The summed E-state index contributed by atoms with van der Waals surface area (Å²) in [5, 5.41) is 0.681. The monoisotopic (exact) mass is 529 g/mol. The molecule has 0 N–H and O–H groups in total. The molecule has 3 unspecified atom stereocenters. The molecular formula is C14H24B3O3S8. The van der Waals surface area contributed by atoms with Gasteiger partial charge in [0.15, 0.2) is 0 Å². The second kappa shape index (κ2) is 23.7. The number of rotatable bonds is 22. The molecule has 0 aliphatic carbocycles. The molecule has 0 aliphatic rings. The van der Waals surface area contributed by atoms with Gasteiger partial charge in [0, 0.05) is 28.2 Å². The molecule has 14 heteroatoms. The first-order valence-corrected chi connectivity index (χ1v) is 18.4. The van der Waals surface area contributed by atoms with Crippen LogP contribution in [0.2, 0.25) is 0 Å². The van der Waals surface area contributed by atoms with Gasteiger partial charge < -0.3 is 14.4 Å². The lowest BCUT2D eigenvalue weighted by molar-refractivity contribution is 0.567. The Bertz CT molecular complexity index is 401. The van der Waals surface area contributed by atoms with E-state index < -0.39 is 0 Å². The molecule has 28 heavy (non-hydrogen) atoms. The van der Waals surface area contributed by atoms with Crippen LogP contribution in [0.5, 0.6) is 0 Å². The molecule has 0 heterocycles. The van der Waals surface area contributed by atoms with Crippen molar-refractivity contribution in [3.8, 4) is 0 Å². The fourth-order valence-electron chi connectivity index (χ4n) is 1.65. The van der Waals surface area contributed by atoms with Crippen molar-refractivity contribution in [3.63, 3.8) is 0 Å².